The third kappa shape index (κ3) is 2.72. The van der Waals surface area contributed by atoms with Crippen LogP contribution in [-0.4, -0.2) is 16.5 Å². The Morgan fingerprint density at radius 3 is 3.10 bits per heavy atom. The van der Waals surface area contributed by atoms with E-state index < -0.39 is 0 Å². The molecule has 2 heterocycles. The summed E-state index contributed by atoms with van der Waals surface area (Å²) in [4.78, 5) is 8.67. The third-order valence-electron chi connectivity index (χ3n) is 3.49. The van der Waals surface area contributed by atoms with E-state index in [-0.39, 0.29) is 0 Å². The van der Waals surface area contributed by atoms with E-state index in [9.17, 15) is 0 Å². The highest BCUT2D eigenvalue weighted by molar-refractivity contribution is 5.51. The summed E-state index contributed by atoms with van der Waals surface area (Å²) < 4.78 is 0. The molecule has 5 nitrogen and oxygen atoms in total. The van der Waals surface area contributed by atoms with Gasteiger partial charge < -0.3 is 16.4 Å². The number of nitrogen functional groups attached to an aromatic ring is 1. The molecule has 1 aliphatic heterocycles. The smallest absolute Gasteiger partial charge is 0.222 e. The van der Waals surface area contributed by atoms with Crippen molar-refractivity contribution in [3.05, 3.63) is 46.6 Å². The van der Waals surface area contributed by atoms with Gasteiger partial charge in [0.15, 0.2) is 0 Å². The molecule has 0 saturated heterocycles. The first-order valence-corrected chi connectivity index (χ1v) is 6.88. The Bertz CT molecular complexity index is 624. The summed E-state index contributed by atoms with van der Waals surface area (Å²) in [7, 11) is 0. The molecule has 0 bridgehead atoms. The van der Waals surface area contributed by atoms with E-state index in [0.29, 0.717) is 5.95 Å². The van der Waals surface area contributed by atoms with Gasteiger partial charge in [0.2, 0.25) is 5.95 Å². The van der Waals surface area contributed by atoms with Gasteiger partial charge in [-0.05, 0) is 12.5 Å². The summed E-state index contributed by atoms with van der Waals surface area (Å²) in [6.07, 6.45) is 0.904. The maximum atomic E-state index is 5.79. The largest absolute Gasteiger partial charge is 0.368 e. The number of anilines is 2. The van der Waals surface area contributed by atoms with Gasteiger partial charge >= 0.3 is 0 Å². The van der Waals surface area contributed by atoms with Crippen LogP contribution in [-0.2, 0) is 19.5 Å². The zero-order valence-corrected chi connectivity index (χ0v) is 11.6. The molecule has 4 N–H and O–H groups in total. The molecule has 5 heteroatoms. The molecule has 0 saturated carbocycles. The molecule has 0 atom stereocenters. The predicted molar refractivity (Wildman–Crippen MR) is 80.4 cm³/mol. The monoisotopic (exact) mass is 269 g/mol. The number of nitrogens with zero attached hydrogens (tertiary/aromatic N) is 2. The Kier molecular flexibility index (Phi) is 3.52. The molecule has 2 aromatic rings. The lowest BCUT2D eigenvalue weighted by molar-refractivity contribution is 0.628. The highest BCUT2D eigenvalue weighted by Gasteiger charge is 2.16. The number of rotatable bonds is 3. The van der Waals surface area contributed by atoms with Gasteiger partial charge in [0.25, 0.3) is 0 Å². The summed E-state index contributed by atoms with van der Waals surface area (Å²) in [6.45, 7) is 4.58. The van der Waals surface area contributed by atoms with Gasteiger partial charge in [-0.25, -0.2) is 4.98 Å². The van der Waals surface area contributed by atoms with Crippen molar-refractivity contribution in [1.82, 2.24) is 15.3 Å². The average molecular weight is 269 g/mol. The number of aromatic nitrogens is 2. The number of hydrogen-bond donors (Lipinski definition) is 3. The second-order valence-corrected chi connectivity index (χ2v) is 5.13. The lowest BCUT2D eigenvalue weighted by Crippen LogP contribution is -2.26. The molecule has 0 fully saturated rings. The van der Waals surface area contributed by atoms with Gasteiger partial charge in [-0.3, -0.25) is 0 Å². The molecule has 20 heavy (non-hydrogen) atoms. The first-order valence-electron chi connectivity index (χ1n) is 6.88. The van der Waals surface area contributed by atoms with Crippen molar-refractivity contribution in [1.29, 1.82) is 0 Å². The molecule has 104 valence electrons. The van der Waals surface area contributed by atoms with E-state index in [1.807, 2.05) is 0 Å². The lowest BCUT2D eigenvalue weighted by Gasteiger charge is -2.20. The summed E-state index contributed by atoms with van der Waals surface area (Å²) >= 11 is 0. The highest BCUT2D eigenvalue weighted by atomic mass is 15.1. The summed E-state index contributed by atoms with van der Waals surface area (Å²) in [5.74, 6) is 1.19. The van der Waals surface area contributed by atoms with Crippen molar-refractivity contribution in [2.75, 3.05) is 17.6 Å². The first-order chi connectivity index (χ1) is 9.72. The first kappa shape index (κ1) is 12.9. The van der Waals surface area contributed by atoms with E-state index in [4.69, 9.17) is 5.73 Å². The standard InChI is InChI=1S/C15H19N5/c1-10-3-2-4-11(7-10)8-18-14-12-9-17-6-5-13(12)19-15(16)20-14/h2-4,7,17H,5-6,8-9H2,1H3,(H3,16,18,19,20). The van der Waals surface area contributed by atoms with Crippen molar-refractivity contribution in [2.24, 2.45) is 0 Å². The maximum absolute atomic E-state index is 5.79. The Balaban J connectivity index is 1.82. The van der Waals surface area contributed by atoms with E-state index in [1.165, 1.54) is 11.1 Å². The molecule has 1 aromatic carbocycles. The quantitative estimate of drug-likeness (QED) is 0.789. The fourth-order valence-corrected chi connectivity index (χ4v) is 2.52. The zero-order chi connectivity index (χ0) is 13.9. The minimum absolute atomic E-state index is 0.345. The van der Waals surface area contributed by atoms with Crippen LogP contribution in [0.15, 0.2) is 24.3 Å². The molecule has 0 spiro atoms. The number of aryl methyl sites for hydroxylation is 1. The molecular formula is C15H19N5. The van der Waals surface area contributed by atoms with E-state index in [2.05, 4.69) is 51.8 Å². The van der Waals surface area contributed by atoms with Crippen molar-refractivity contribution in [3.8, 4) is 0 Å². The van der Waals surface area contributed by atoms with Crippen LogP contribution in [0.25, 0.3) is 0 Å². The minimum atomic E-state index is 0.345. The number of hydrogen-bond acceptors (Lipinski definition) is 5. The SMILES string of the molecule is Cc1cccc(CNc2nc(N)nc3c2CNCC3)c1. The molecule has 1 aliphatic rings. The molecule has 0 aliphatic carbocycles. The van der Waals surface area contributed by atoms with Crippen LogP contribution in [0.5, 0.6) is 0 Å². The van der Waals surface area contributed by atoms with Gasteiger partial charge in [-0.1, -0.05) is 29.8 Å². The Morgan fingerprint density at radius 2 is 2.25 bits per heavy atom. The summed E-state index contributed by atoms with van der Waals surface area (Å²) in [5, 5.41) is 6.73. The van der Waals surface area contributed by atoms with Crippen molar-refractivity contribution in [2.45, 2.75) is 26.4 Å². The van der Waals surface area contributed by atoms with Crippen LogP contribution in [0.3, 0.4) is 0 Å². The van der Waals surface area contributed by atoms with E-state index in [0.717, 1.165) is 43.1 Å². The fraction of sp³-hybridized carbons (Fsp3) is 0.333. The normalized spacial score (nSPS) is 13.8. The summed E-state index contributed by atoms with van der Waals surface area (Å²) in [5.41, 5.74) is 10.5. The molecule has 1 aromatic heterocycles. The van der Waals surface area contributed by atoms with Crippen LogP contribution >= 0.6 is 0 Å². The molecular weight excluding hydrogens is 250 g/mol. The third-order valence-corrected chi connectivity index (χ3v) is 3.49. The van der Waals surface area contributed by atoms with Crippen LogP contribution in [0.2, 0.25) is 0 Å². The fourth-order valence-electron chi connectivity index (χ4n) is 2.52. The van der Waals surface area contributed by atoms with E-state index in [1.54, 1.807) is 0 Å². The van der Waals surface area contributed by atoms with E-state index >= 15 is 0 Å². The highest BCUT2D eigenvalue weighted by Crippen LogP contribution is 2.21. The van der Waals surface area contributed by atoms with Gasteiger partial charge in [-0.2, -0.15) is 4.98 Å². The van der Waals surface area contributed by atoms with Gasteiger partial charge in [0, 0.05) is 31.6 Å². The Morgan fingerprint density at radius 1 is 1.35 bits per heavy atom. The Hall–Kier alpha value is -2.14. The average Bonchev–Trinajstić information content (AvgIpc) is 2.44. The summed E-state index contributed by atoms with van der Waals surface area (Å²) in [6, 6.07) is 8.44. The topological polar surface area (TPSA) is 75.9 Å². The molecule has 3 rings (SSSR count). The lowest BCUT2D eigenvalue weighted by atomic mass is 10.1. The van der Waals surface area contributed by atoms with Gasteiger partial charge in [0.05, 0.1) is 5.69 Å². The van der Waals surface area contributed by atoms with Gasteiger partial charge in [0.1, 0.15) is 5.82 Å². The molecule has 0 amide bonds. The molecule has 0 radical (unpaired) electrons. The van der Waals surface area contributed by atoms with Crippen LogP contribution in [0.4, 0.5) is 11.8 Å². The van der Waals surface area contributed by atoms with Crippen LogP contribution in [0.1, 0.15) is 22.4 Å². The number of nitrogens with two attached hydrogens (primary N) is 1. The number of fused-ring (bicyclic) bond motifs is 1. The van der Waals surface area contributed by atoms with Crippen LogP contribution in [0, 0.1) is 6.92 Å². The van der Waals surface area contributed by atoms with Crippen molar-refractivity contribution < 1.29 is 0 Å². The van der Waals surface area contributed by atoms with Crippen molar-refractivity contribution in [3.63, 3.8) is 0 Å². The second-order valence-electron chi connectivity index (χ2n) is 5.13. The van der Waals surface area contributed by atoms with Crippen molar-refractivity contribution >= 4 is 11.8 Å². The van der Waals surface area contributed by atoms with Crippen LogP contribution < -0.4 is 16.4 Å². The minimum Gasteiger partial charge on any atom is -0.368 e. The predicted octanol–water partition coefficient (Wildman–Crippen LogP) is 1.63. The Labute approximate surface area is 118 Å². The van der Waals surface area contributed by atoms with Gasteiger partial charge in [-0.15, -0.1) is 0 Å². The zero-order valence-electron chi connectivity index (χ0n) is 11.6. The molecule has 0 unspecified atom stereocenters. The second kappa shape index (κ2) is 5.46. The number of nitrogens with one attached hydrogen (secondary N) is 2. The maximum Gasteiger partial charge on any atom is 0.222 e. The number of benzene rings is 1.